The minimum Gasteiger partial charge on any atom is -0.326 e. The summed E-state index contributed by atoms with van der Waals surface area (Å²) < 4.78 is 27.5. The van der Waals surface area contributed by atoms with Crippen molar-refractivity contribution < 1.29 is 13.2 Å². The van der Waals surface area contributed by atoms with Gasteiger partial charge in [0.05, 0.1) is 5.75 Å². The first kappa shape index (κ1) is 20.0. The summed E-state index contributed by atoms with van der Waals surface area (Å²) in [6, 6.07) is 8.05. The van der Waals surface area contributed by atoms with E-state index in [1.807, 2.05) is 12.1 Å². The Hall–Kier alpha value is -2.26. The van der Waals surface area contributed by atoms with Gasteiger partial charge in [-0.15, -0.1) is 10.2 Å². The lowest BCUT2D eigenvalue weighted by Crippen LogP contribution is -2.42. The molecule has 1 N–H and O–H groups in total. The number of aryl methyl sites for hydroxylation is 1. The molecule has 0 bridgehead atoms. The average molecular weight is 418 g/mol. The molecule has 156 valence electrons. The highest BCUT2D eigenvalue weighted by molar-refractivity contribution is 7.89. The predicted octanol–water partition coefficient (Wildman–Crippen LogP) is 2.01. The number of aromatic nitrogens is 3. The SMILES string of the molecule is CCS(=O)(=O)N1CCC(C(=O)Nc2ccc([C@@H]3CCc4nncn4C3)cc2)CC1. The molecular weight excluding hydrogens is 390 g/mol. The lowest BCUT2D eigenvalue weighted by molar-refractivity contribution is -0.120. The molecule has 29 heavy (non-hydrogen) atoms. The molecular formula is C20H27N5O3S. The van der Waals surface area contributed by atoms with Gasteiger partial charge in [0.2, 0.25) is 15.9 Å². The Morgan fingerprint density at radius 2 is 1.90 bits per heavy atom. The number of hydrogen-bond donors (Lipinski definition) is 1. The zero-order chi connectivity index (χ0) is 20.4. The van der Waals surface area contributed by atoms with Crippen LogP contribution in [0.25, 0.3) is 0 Å². The third-order valence-electron chi connectivity index (χ3n) is 6.06. The van der Waals surface area contributed by atoms with Crippen LogP contribution in [0.5, 0.6) is 0 Å². The molecule has 0 unspecified atom stereocenters. The fourth-order valence-electron chi connectivity index (χ4n) is 4.19. The van der Waals surface area contributed by atoms with Crippen molar-refractivity contribution in [2.45, 2.75) is 45.1 Å². The third kappa shape index (κ3) is 4.35. The normalized spacial score (nSPS) is 20.9. The average Bonchev–Trinajstić information content (AvgIpc) is 3.22. The number of fused-ring (bicyclic) bond motifs is 1. The van der Waals surface area contributed by atoms with Crippen LogP contribution < -0.4 is 5.32 Å². The Morgan fingerprint density at radius 3 is 2.59 bits per heavy atom. The van der Waals surface area contributed by atoms with Crippen molar-refractivity contribution in [1.29, 1.82) is 0 Å². The Labute approximate surface area is 171 Å². The number of piperidine rings is 1. The molecule has 0 aliphatic carbocycles. The van der Waals surface area contributed by atoms with Crippen molar-refractivity contribution in [1.82, 2.24) is 19.1 Å². The summed E-state index contributed by atoms with van der Waals surface area (Å²) in [5, 5.41) is 11.1. The number of carbonyl (C=O) groups excluding carboxylic acids is 1. The zero-order valence-corrected chi connectivity index (χ0v) is 17.4. The van der Waals surface area contributed by atoms with Crippen LogP contribution in [-0.4, -0.2) is 52.2 Å². The van der Waals surface area contributed by atoms with Crippen LogP contribution in [0.4, 0.5) is 5.69 Å². The fraction of sp³-hybridized carbons (Fsp3) is 0.550. The van der Waals surface area contributed by atoms with E-state index in [0.29, 0.717) is 31.8 Å². The van der Waals surface area contributed by atoms with Gasteiger partial charge in [0, 0.05) is 43.6 Å². The number of nitrogens with zero attached hydrogens (tertiary/aromatic N) is 4. The third-order valence-corrected chi connectivity index (χ3v) is 7.94. The van der Waals surface area contributed by atoms with Crippen molar-refractivity contribution in [3.8, 4) is 0 Å². The van der Waals surface area contributed by atoms with Crippen LogP contribution in [-0.2, 0) is 27.8 Å². The largest absolute Gasteiger partial charge is 0.326 e. The Balaban J connectivity index is 1.32. The maximum Gasteiger partial charge on any atom is 0.227 e. The van der Waals surface area contributed by atoms with Crippen LogP contribution in [0.15, 0.2) is 30.6 Å². The monoisotopic (exact) mass is 417 g/mol. The topological polar surface area (TPSA) is 97.2 Å². The standard InChI is InChI=1S/C20H27N5O3S/c1-2-29(27,28)25-11-9-16(10-12-25)20(26)22-18-6-3-15(4-7-18)17-5-8-19-23-21-14-24(19)13-17/h3-4,6-7,14,16-17H,2,5,8-13H2,1H3,(H,22,26)/t17-/m1/s1. The Kier molecular flexibility index (Phi) is 5.69. The number of anilines is 1. The predicted molar refractivity (Wildman–Crippen MR) is 110 cm³/mol. The van der Waals surface area contributed by atoms with Crippen LogP contribution in [0.2, 0.25) is 0 Å². The number of amides is 1. The highest BCUT2D eigenvalue weighted by Gasteiger charge is 2.30. The van der Waals surface area contributed by atoms with Gasteiger partial charge in [-0.25, -0.2) is 12.7 Å². The van der Waals surface area contributed by atoms with Gasteiger partial charge in [-0.1, -0.05) is 12.1 Å². The Morgan fingerprint density at radius 1 is 1.17 bits per heavy atom. The maximum atomic E-state index is 12.6. The summed E-state index contributed by atoms with van der Waals surface area (Å²) in [6.45, 7) is 3.36. The molecule has 1 aromatic carbocycles. The van der Waals surface area contributed by atoms with Crippen LogP contribution in [0, 0.1) is 5.92 Å². The van der Waals surface area contributed by atoms with Crippen LogP contribution in [0.1, 0.15) is 43.5 Å². The van der Waals surface area contributed by atoms with Crippen LogP contribution >= 0.6 is 0 Å². The lowest BCUT2D eigenvalue weighted by atomic mass is 9.91. The van der Waals surface area contributed by atoms with Crippen molar-refractivity contribution in [3.05, 3.63) is 42.0 Å². The molecule has 0 spiro atoms. The van der Waals surface area contributed by atoms with Gasteiger partial charge in [0.1, 0.15) is 12.2 Å². The van der Waals surface area contributed by atoms with Gasteiger partial charge in [0.25, 0.3) is 0 Å². The van der Waals surface area contributed by atoms with E-state index >= 15 is 0 Å². The molecule has 1 amide bonds. The molecule has 1 saturated heterocycles. The van der Waals surface area contributed by atoms with E-state index in [2.05, 4.69) is 32.2 Å². The first-order valence-corrected chi connectivity index (χ1v) is 11.8. The van der Waals surface area contributed by atoms with Gasteiger partial charge < -0.3 is 9.88 Å². The summed E-state index contributed by atoms with van der Waals surface area (Å²) in [5.41, 5.74) is 2.03. The van der Waals surface area contributed by atoms with Gasteiger partial charge >= 0.3 is 0 Å². The van der Waals surface area contributed by atoms with E-state index in [-0.39, 0.29) is 17.6 Å². The molecule has 0 radical (unpaired) electrons. The number of hydrogen-bond acceptors (Lipinski definition) is 5. The molecule has 1 aromatic heterocycles. The van der Waals surface area contributed by atoms with E-state index in [1.54, 1.807) is 13.3 Å². The molecule has 2 aromatic rings. The summed E-state index contributed by atoms with van der Waals surface area (Å²) in [5.74, 6) is 1.40. The zero-order valence-electron chi connectivity index (χ0n) is 16.6. The number of sulfonamides is 1. The van der Waals surface area contributed by atoms with Crippen molar-refractivity contribution >= 4 is 21.6 Å². The molecule has 2 aliphatic heterocycles. The van der Waals surface area contributed by atoms with Crippen molar-refractivity contribution in [2.75, 3.05) is 24.2 Å². The first-order valence-electron chi connectivity index (χ1n) is 10.2. The minimum atomic E-state index is -3.17. The summed E-state index contributed by atoms with van der Waals surface area (Å²) in [6.07, 6.45) is 4.88. The van der Waals surface area contributed by atoms with E-state index in [1.165, 1.54) is 9.87 Å². The smallest absolute Gasteiger partial charge is 0.227 e. The van der Waals surface area contributed by atoms with Crippen LogP contribution in [0.3, 0.4) is 0 Å². The van der Waals surface area contributed by atoms with Gasteiger partial charge in [0.15, 0.2) is 0 Å². The highest BCUT2D eigenvalue weighted by Crippen LogP contribution is 2.29. The Bertz CT molecular complexity index is 962. The summed E-state index contributed by atoms with van der Waals surface area (Å²) in [7, 11) is -3.17. The van der Waals surface area contributed by atoms with Gasteiger partial charge in [-0.2, -0.15) is 0 Å². The fourth-order valence-corrected chi connectivity index (χ4v) is 5.32. The molecule has 1 atom stereocenters. The summed E-state index contributed by atoms with van der Waals surface area (Å²) >= 11 is 0. The molecule has 9 heteroatoms. The lowest BCUT2D eigenvalue weighted by Gasteiger charge is -2.30. The molecule has 1 fully saturated rings. The second-order valence-electron chi connectivity index (χ2n) is 7.82. The van der Waals surface area contributed by atoms with E-state index in [4.69, 9.17) is 0 Å². The van der Waals surface area contributed by atoms with E-state index in [0.717, 1.165) is 30.9 Å². The second-order valence-corrected chi connectivity index (χ2v) is 10.1. The number of benzene rings is 1. The molecule has 3 heterocycles. The minimum absolute atomic E-state index is 0.0295. The maximum absolute atomic E-state index is 12.6. The molecule has 0 saturated carbocycles. The quantitative estimate of drug-likeness (QED) is 0.803. The highest BCUT2D eigenvalue weighted by atomic mass is 32.2. The van der Waals surface area contributed by atoms with Crippen molar-refractivity contribution in [3.63, 3.8) is 0 Å². The number of carbonyl (C=O) groups is 1. The number of rotatable bonds is 5. The number of nitrogens with one attached hydrogen (secondary N) is 1. The first-order chi connectivity index (χ1) is 14.0. The van der Waals surface area contributed by atoms with E-state index < -0.39 is 10.0 Å². The van der Waals surface area contributed by atoms with Crippen molar-refractivity contribution in [2.24, 2.45) is 5.92 Å². The molecule has 4 rings (SSSR count). The van der Waals surface area contributed by atoms with Gasteiger partial charge in [-0.3, -0.25) is 4.79 Å². The van der Waals surface area contributed by atoms with E-state index in [9.17, 15) is 13.2 Å². The second kappa shape index (κ2) is 8.23. The summed E-state index contributed by atoms with van der Waals surface area (Å²) in [4.78, 5) is 12.6. The van der Waals surface area contributed by atoms with Gasteiger partial charge in [-0.05, 0) is 43.9 Å². The molecule has 8 nitrogen and oxygen atoms in total. The molecule has 2 aliphatic rings.